The second kappa shape index (κ2) is 10.3. The van der Waals surface area contributed by atoms with Crippen LogP contribution < -0.4 is 14.5 Å². The van der Waals surface area contributed by atoms with Gasteiger partial charge in [-0.1, -0.05) is 35.0 Å². The van der Waals surface area contributed by atoms with E-state index in [9.17, 15) is 13.2 Å². The van der Waals surface area contributed by atoms with E-state index in [2.05, 4.69) is 45.2 Å². The maximum Gasteiger partial charge on any atom is 0.241 e. The number of sulfonamides is 1. The smallest absolute Gasteiger partial charge is 0.241 e. The SMILES string of the molecule is Cc1cc(N(CC(=O)NC(C)c2ccc(N3CCC(C)CC3)cc2)S(C)(=O)=O)ccc1Br. The van der Waals surface area contributed by atoms with Gasteiger partial charge in [0, 0.05) is 23.2 Å². The number of halogens is 1. The fraction of sp³-hybridized carbons (Fsp3) is 0.458. The van der Waals surface area contributed by atoms with E-state index in [1.54, 1.807) is 18.2 Å². The monoisotopic (exact) mass is 521 g/mol. The molecule has 2 aromatic rings. The van der Waals surface area contributed by atoms with E-state index in [1.165, 1.54) is 18.5 Å². The third-order valence-corrected chi connectivity index (χ3v) is 8.07. The Labute approximate surface area is 200 Å². The highest BCUT2D eigenvalue weighted by Gasteiger charge is 2.22. The molecular weight excluding hydrogens is 490 g/mol. The molecule has 1 fully saturated rings. The van der Waals surface area contributed by atoms with E-state index >= 15 is 0 Å². The maximum absolute atomic E-state index is 12.7. The molecular formula is C24H32BrN3O3S. The molecule has 1 saturated heterocycles. The average Bonchev–Trinajstić information content (AvgIpc) is 2.74. The van der Waals surface area contributed by atoms with Crippen LogP contribution in [0.1, 0.15) is 43.9 Å². The molecule has 32 heavy (non-hydrogen) atoms. The largest absolute Gasteiger partial charge is 0.372 e. The van der Waals surface area contributed by atoms with Crippen LogP contribution in [-0.4, -0.2) is 40.2 Å². The summed E-state index contributed by atoms with van der Waals surface area (Å²) in [7, 11) is -3.61. The predicted octanol–water partition coefficient (Wildman–Crippen LogP) is 4.64. The Hall–Kier alpha value is -2.06. The summed E-state index contributed by atoms with van der Waals surface area (Å²) in [6, 6.07) is 13.3. The van der Waals surface area contributed by atoms with Gasteiger partial charge in [-0.25, -0.2) is 8.42 Å². The van der Waals surface area contributed by atoms with E-state index in [1.807, 2.05) is 26.0 Å². The number of benzene rings is 2. The molecule has 1 atom stereocenters. The Morgan fingerprint density at radius 1 is 1.19 bits per heavy atom. The van der Waals surface area contributed by atoms with E-state index < -0.39 is 10.0 Å². The highest BCUT2D eigenvalue weighted by molar-refractivity contribution is 9.10. The van der Waals surface area contributed by atoms with Gasteiger partial charge in [0.05, 0.1) is 18.0 Å². The fourth-order valence-corrected chi connectivity index (χ4v) is 5.02. The van der Waals surface area contributed by atoms with Gasteiger partial charge >= 0.3 is 0 Å². The number of aryl methyl sites for hydroxylation is 1. The molecule has 0 bridgehead atoms. The minimum Gasteiger partial charge on any atom is -0.372 e. The molecule has 0 aromatic heterocycles. The average molecular weight is 523 g/mol. The summed E-state index contributed by atoms with van der Waals surface area (Å²) in [6.07, 6.45) is 3.53. The lowest BCUT2D eigenvalue weighted by molar-refractivity contribution is -0.120. The Morgan fingerprint density at radius 3 is 2.38 bits per heavy atom. The third kappa shape index (κ3) is 6.25. The van der Waals surface area contributed by atoms with Crippen LogP contribution in [-0.2, 0) is 14.8 Å². The molecule has 2 aromatic carbocycles. The standard InChI is InChI=1S/C24H32BrN3O3S/c1-17-11-13-27(14-12-17)21-7-5-20(6-8-21)19(3)26-24(29)16-28(32(4,30)31)22-9-10-23(25)18(2)15-22/h5-10,15,17,19H,11-14,16H2,1-4H3,(H,26,29). The molecule has 8 heteroatoms. The summed E-state index contributed by atoms with van der Waals surface area (Å²) in [5.74, 6) is 0.436. The Balaban J connectivity index is 1.65. The number of hydrogen-bond acceptors (Lipinski definition) is 4. The summed E-state index contributed by atoms with van der Waals surface area (Å²) in [5, 5.41) is 2.93. The van der Waals surface area contributed by atoms with Crippen molar-refractivity contribution in [1.82, 2.24) is 5.32 Å². The minimum atomic E-state index is -3.61. The quantitative estimate of drug-likeness (QED) is 0.576. The van der Waals surface area contributed by atoms with Gasteiger partial charge in [0.15, 0.2) is 0 Å². The van der Waals surface area contributed by atoms with Crippen LogP contribution in [0.5, 0.6) is 0 Å². The van der Waals surface area contributed by atoms with Crippen LogP contribution in [0.4, 0.5) is 11.4 Å². The van der Waals surface area contributed by atoms with Crippen molar-refractivity contribution < 1.29 is 13.2 Å². The highest BCUT2D eigenvalue weighted by Crippen LogP contribution is 2.26. The van der Waals surface area contributed by atoms with Crippen LogP contribution in [0.3, 0.4) is 0 Å². The predicted molar refractivity (Wildman–Crippen MR) is 135 cm³/mol. The van der Waals surface area contributed by atoms with Gasteiger partial charge < -0.3 is 10.2 Å². The fourth-order valence-electron chi connectivity index (χ4n) is 3.93. The zero-order valence-corrected chi connectivity index (χ0v) is 21.5. The normalized spacial score (nSPS) is 16.0. The first kappa shape index (κ1) is 24.6. The van der Waals surface area contributed by atoms with Crippen molar-refractivity contribution in [2.45, 2.75) is 39.7 Å². The first-order valence-corrected chi connectivity index (χ1v) is 13.6. The molecule has 0 saturated carbocycles. The van der Waals surface area contributed by atoms with Crippen LogP contribution in [0.2, 0.25) is 0 Å². The molecule has 1 heterocycles. The van der Waals surface area contributed by atoms with Crippen LogP contribution in [0.15, 0.2) is 46.9 Å². The first-order chi connectivity index (χ1) is 15.0. The second-order valence-corrected chi connectivity index (χ2v) is 11.5. The molecule has 0 aliphatic carbocycles. The molecule has 1 aliphatic rings. The molecule has 1 amide bonds. The summed E-state index contributed by atoms with van der Waals surface area (Å²) in [5.41, 5.74) is 3.55. The third-order valence-electron chi connectivity index (χ3n) is 6.04. The summed E-state index contributed by atoms with van der Waals surface area (Å²) in [6.45, 7) is 7.96. The van der Waals surface area contributed by atoms with Gasteiger partial charge in [0.2, 0.25) is 15.9 Å². The van der Waals surface area contributed by atoms with Crippen molar-refractivity contribution >= 4 is 43.2 Å². The van der Waals surface area contributed by atoms with Gasteiger partial charge in [-0.05, 0) is 74.1 Å². The number of piperidine rings is 1. The lowest BCUT2D eigenvalue weighted by Gasteiger charge is -2.32. The topological polar surface area (TPSA) is 69.7 Å². The Bertz CT molecular complexity index is 1050. The number of carbonyl (C=O) groups is 1. The molecule has 1 unspecified atom stereocenters. The van der Waals surface area contributed by atoms with E-state index in [0.29, 0.717) is 5.69 Å². The van der Waals surface area contributed by atoms with Gasteiger partial charge in [0.1, 0.15) is 6.54 Å². The number of nitrogens with one attached hydrogen (secondary N) is 1. The van der Waals surface area contributed by atoms with Gasteiger partial charge in [-0.2, -0.15) is 0 Å². The zero-order chi connectivity index (χ0) is 23.5. The van der Waals surface area contributed by atoms with Crippen LogP contribution in [0, 0.1) is 12.8 Å². The summed E-state index contributed by atoms with van der Waals surface area (Å²) >= 11 is 3.42. The van der Waals surface area contributed by atoms with Crippen molar-refractivity contribution in [3.63, 3.8) is 0 Å². The lowest BCUT2D eigenvalue weighted by atomic mass is 9.98. The molecule has 1 aliphatic heterocycles. The number of nitrogens with zero attached hydrogens (tertiary/aromatic N) is 2. The van der Waals surface area contributed by atoms with E-state index in [4.69, 9.17) is 0 Å². The number of rotatable bonds is 7. The van der Waals surface area contributed by atoms with Crippen LogP contribution >= 0.6 is 15.9 Å². The number of amides is 1. The maximum atomic E-state index is 12.7. The molecule has 0 spiro atoms. The summed E-state index contributed by atoms with van der Waals surface area (Å²) in [4.78, 5) is 15.1. The molecule has 6 nitrogen and oxygen atoms in total. The Morgan fingerprint density at radius 2 is 1.81 bits per heavy atom. The molecule has 174 valence electrons. The molecule has 3 rings (SSSR count). The van der Waals surface area contributed by atoms with Crippen molar-refractivity contribution in [2.75, 3.05) is 35.1 Å². The lowest BCUT2D eigenvalue weighted by Crippen LogP contribution is -2.41. The van der Waals surface area contributed by atoms with E-state index in [-0.39, 0.29) is 18.5 Å². The zero-order valence-electron chi connectivity index (χ0n) is 19.1. The second-order valence-electron chi connectivity index (χ2n) is 8.75. The molecule has 1 N–H and O–H groups in total. The van der Waals surface area contributed by atoms with Crippen molar-refractivity contribution in [3.05, 3.63) is 58.1 Å². The number of hydrogen-bond donors (Lipinski definition) is 1. The van der Waals surface area contributed by atoms with Crippen LogP contribution in [0.25, 0.3) is 0 Å². The number of carbonyl (C=O) groups excluding carboxylic acids is 1. The van der Waals surface area contributed by atoms with Gasteiger partial charge in [-0.15, -0.1) is 0 Å². The highest BCUT2D eigenvalue weighted by atomic mass is 79.9. The van der Waals surface area contributed by atoms with Crippen molar-refractivity contribution in [3.8, 4) is 0 Å². The minimum absolute atomic E-state index is 0.231. The number of anilines is 2. The van der Waals surface area contributed by atoms with Crippen molar-refractivity contribution in [2.24, 2.45) is 5.92 Å². The van der Waals surface area contributed by atoms with Gasteiger partial charge in [0.25, 0.3) is 0 Å². The summed E-state index contributed by atoms with van der Waals surface area (Å²) < 4.78 is 26.7. The van der Waals surface area contributed by atoms with Crippen molar-refractivity contribution in [1.29, 1.82) is 0 Å². The molecule has 0 radical (unpaired) electrons. The Kier molecular flexibility index (Phi) is 7.88. The van der Waals surface area contributed by atoms with Gasteiger partial charge in [-0.3, -0.25) is 9.10 Å². The first-order valence-electron chi connectivity index (χ1n) is 10.9. The van der Waals surface area contributed by atoms with E-state index in [0.717, 1.165) is 45.2 Å².